The van der Waals surface area contributed by atoms with Crippen LogP contribution in [-0.4, -0.2) is 10.2 Å². The molecule has 0 atom stereocenters. The maximum absolute atomic E-state index is 5.26. The van der Waals surface area contributed by atoms with E-state index in [9.17, 15) is 0 Å². The minimum absolute atomic E-state index is 0.499. The summed E-state index contributed by atoms with van der Waals surface area (Å²) in [5.74, 6) is 1.32. The lowest BCUT2D eigenvalue weighted by atomic mass is 10.1. The fraction of sp³-hybridized carbons (Fsp3) is 0.714. The lowest BCUT2D eigenvalue weighted by molar-refractivity contribution is 0.432. The van der Waals surface area contributed by atoms with Crippen LogP contribution in [0.5, 0.6) is 0 Å². The lowest BCUT2D eigenvalue weighted by Crippen LogP contribution is -1.91. The molecular formula is C7H9BrN2O. The zero-order chi connectivity index (χ0) is 7.68. The molecule has 60 valence electrons. The Hall–Kier alpha value is -0.380. The minimum atomic E-state index is 0.499. The van der Waals surface area contributed by atoms with E-state index < -0.39 is 0 Å². The van der Waals surface area contributed by atoms with Gasteiger partial charge < -0.3 is 4.42 Å². The van der Waals surface area contributed by atoms with Gasteiger partial charge in [-0.15, -0.1) is 10.2 Å². The van der Waals surface area contributed by atoms with Crippen LogP contribution in [0.25, 0.3) is 0 Å². The molecular weight excluding hydrogens is 208 g/mol. The molecule has 0 N–H and O–H groups in total. The van der Waals surface area contributed by atoms with E-state index in [1.54, 1.807) is 0 Å². The van der Waals surface area contributed by atoms with Crippen molar-refractivity contribution in [1.29, 1.82) is 0 Å². The summed E-state index contributed by atoms with van der Waals surface area (Å²) in [5, 5.41) is 7.70. The largest absolute Gasteiger partial charge is 0.415 e. The molecule has 0 amide bonds. The normalized spacial score (nSPS) is 19.4. The second-order valence-electron chi connectivity index (χ2n) is 2.87. The summed E-state index contributed by atoms with van der Waals surface area (Å²) in [4.78, 5) is 0.499. The average Bonchev–Trinajstić information content (AvgIpc) is 2.55. The van der Waals surface area contributed by atoms with Gasteiger partial charge in [0.05, 0.1) is 0 Å². The van der Waals surface area contributed by atoms with Gasteiger partial charge in [-0.25, -0.2) is 0 Å². The molecule has 1 aromatic heterocycles. The van der Waals surface area contributed by atoms with Crippen LogP contribution >= 0.6 is 15.9 Å². The Morgan fingerprint density at radius 3 is 2.55 bits per heavy atom. The van der Waals surface area contributed by atoms with Gasteiger partial charge in [0.1, 0.15) is 0 Å². The molecule has 2 rings (SSSR count). The second kappa shape index (κ2) is 2.93. The molecule has 1 heterocycles. The van der Waals surface area contributed by atoms with Crippen molar-refractivity contribution in [3.63, 3.8) is 0 Å². The molecule has 1 aliphatic carbocycles. The molecule has 4 heteroatoms. The Bertz CT molecular complexity index is 242. The highest BCUT2D eigenvalue weighted by Crippen LogP contribution is 2.33. The molecule has 1 aliphatic rings. The number of halogens is 1. The van der Waals surface area contributed by atoms with E-state index in [4.69, 9.17) is 4.42 Å². The van der Waals surface area contributed by atoms with Crippen molar-refractivity contribution in [3.8, 4) is 0 Å². The fourth-order valence-corrected chi connectivity index (χ4v) is 1.80. The molecule has 1 fully saturated rings. The third-order valence-corrected chi connectivity index (χ3v) is 2.44. The lowest BCUT2D eigenvalue weighted by Gasteiger charge is -1.99. The van der Waals surface area contributed by atoms with Crippen molar-refractivity contribution in [2.24, 2.45) is 0 Å². The molecule has 0 aliphatic heterocycles. The third kappa shape index (κ3) is 1.45. The predicted octanol–water partition coefficient (Wildman–Crippen LogP) is 2.49. The van der Waals surface area contributed by atoms with Gasteiger partial charge in [-0.2, -0.15) is 0 Å². The van der Waals surface area contributed by atoms with E-state index >= 15 is 0 Å². The highest BCUT2D eigenvalue weighted by molar-refractivity contribution is 9.10. The molecule has 1 aromatic rings. The molecule has 0 aromatic carbocycles. The summed E-state index contributed by atoms with van der Waals surface area (Å²) in [6.45, 7) is 0. The molecule has 11 heavy (non-hydrogen) atoms. The number of rotatable bonds is 1. The first-order valence-electron chi connectivity index (χ1n) is 3.85. The van der Waals surface area contributed by atoms with E-state index in [0.29, 0.717) is 10.7 Å². The zero-order valence-corrected chi connectivity index (χ0v) is 7.67. The third-order valence-electron chi connectivity index (χ3n) is 2.12. The summed E-state index contributed by atoms with van der Waals surface area (Å²) < 4.78 is 5.26. The number of aromatic nitrogens is 2. The van der Waals surface area contributed by atoms with Crippen molar-refractivity contribution >= 4 is 15.9 Å². The SMILES string of the molecule is Brc1nnc(C2CCCC2)o1. The van der Waals surface area contributed by atoms with E-state index in [1.807, 2.05) is 0 Å². The van der Waals surface area contributed by atoms with E-state index in [0.717, 1.165) is 5.89 Å². The topological polar surface area (TPSA) is 38.9 Å². The second-order valence-corrected chi connectivity index (χ2v) is 3.55. The van der Waals surface area contributed by atoms with Gasteiger partial charge in [-0.3, -0.25) is 0 Å². The monoisotopic (exact) mass is 216 g/mol. The van der Waals surface area contributed by atoms with E-state index in [1.165, 1.54) is 25.7 Å². The summed E-state index contributed by atoms with van der Waals surface area (Å²) in [6, 6.07) is 0. The Balaban J connectivity index is 2.15. The Morgan fingerprint density at radius 2 is 2.00 bits per heavy atom. The van der Waals surface area contributed by atoms with Crippen LogP contribution in [0.3, 0.4) is 0 Å². The van der Waals surface area contributed by atoms with Crippen LogP contribution in [-0.2, 0) is 0 Å². The first-order valence-corrected chi connectivity index (χ1v) is 4.64. The van der Waals surface area contributed by atoms with Crippen LogP contribution < -0.4 is 0 Å². The van der Waals surface area contributed by atoms with Crippen LogP contribution in [0, 0.1) is 0 Å². The van der Waals surface area contributed by atoms with Gasteiger partial charge >= 0.3 is 0 Å². The molecule has 0 saturated heterocycles. The van der Waals surface area contributed by atoms with Gasteiger partial charge in [0.15, 0.2) is 0 Å². The van der Waals surface area contributed by atoms with Gasteiger partial charge in [0.2, 0.25) is 5.89 Å². The van der Waals surface area contributed by atoms with Crippen LogP contribution in [0.1, 0.15) is 37.5 Å². The minimum Gasteiger partial charge on any atom is -0.415 e. The highest BCUT2D eigenvalue weighted by atomic mass is 79.9. The molecule has 1 saturated carbocycles. The van der Waals surface area contributed by atoms with Crippen LogP contribution in [0.15, 0.2) is 9.22 Å². The maximum Gasteiger partial charge on any atom is 0.284 e. The summed E-state index contributed by atoms with van der Waals surface area (Å²) in [7, 11) is 0. The van der Waals surface area contributed by atoms with Crippen molar-refractivity contribution < 1.29 is 4.42 Å². The number of hydrogen-bond donors (Lipinski definition) is 0. The average molecular weight is 217 g/mol. The predicted molar refractivity (Wildman–Crippen MR) is 43.2 cm³/mol. The number of nitrogens with zero attached hydrogens (tertiary/aromatic N) is 2. The smallest absolute Gasteiger partial charge is 0.284 e. The first kappa shape index (κ1) is 7.28. The van der Waals surface area contributed by atoms with E-state index in [2.05, 4.69) is 26.1 Å². The van der Waals surface area contributed by atoms with Gasteiger partial charge in [0, 0.05) is 21.8 Å². The Kier molecular flexibility index (Phi) is 1.94. The Morgan fingerprint density at radius 1 is 1.27 bits per heavy atom. The number of hydrogen-bond acceptors (Lipinski definition) is 3. The zero-order valence-electron chi connectivity index (χ0n) is 6.09. The van der Waals surface area contributed by atoms with Crippen molar-refractivity contribution in [3.05, 3.63) is 10.7 Å². The quantitative estimate of drug-likeness (QED) is 0.725. The summed E-state index contributed by atoms with van der Waals surface area (Å²) >= 11 is 3.14. The molecule has 3 nitrogen and oxygen atoms in total. The maximum atomic E-state index is 5.26. The standard InChI is InChI=1S/C7H9BrN2O/c8-7-10-9-6(11-7)5-3-1-2-4-5/h5H,1-4H2. The molecule has 0 radical (unpaired) electrons. The van der Waals surface area contributed by atoms with Gasteiger partial charge in [-0.05, 0) is 12.8 Å². The summed E-state index contributed by atoms with van der Waals surface area (Å²) in [5.41, 5.74) is 0. The van der Waals surface area contributed by atoms with Crippen molar-refractivity contribution in [2.45, 2.75) is 31.6 Å². The van der Waals surface area contributed by atoms with Crippen LogP contribution in [0.2, 0.25) is 0 Å². The van der Waals surface area contributed by atoms with Gasteiger partial charge in [0.25, 0.3) is 4.80 Å². The van der Waals surface area contributed by atoms with Gasteiger partial charge in [-0.1, -0.05) is 12.8 Å². The first-order chi connectivity index (χ1) is 5.36. The van der Waals surface area contributed by atoms with Crippen molar-refractivity contribution in [1.82, 2.24) is 10.2 Å². The van der Waals surface area contributed by atoms with Crippen molar-refractivity contribution in [2.75, 3.05) is 0 Å². The summed E-state index contributed by atoms with van der Waals surface area (Å²) in [6.07, 6.45) is 5.00. The van der Waals surface area contributed by atoms with E-state index in [-0.39, 0.29) is 0 Å². The van der Waals surface area contributed by atoms with Crippen LogP contribution in [0.4, 0.5) is 0 Å². The molecule has 0 bridgehead atoms. The molecule has 0 spiro atoms. The Labute approximate surface area is 73.3 Å². The highest BCUT2D eigenvalue weighted by Gasteiger charge is 2.21. The molecule has 0 unspecified atom stereocenters. The fourth-order valence-electron chi connectivity index (χ4n) is 1.55.